The number of amides is 1. The number of H-pyrrole nitrogens is 1. The van der Waals surface area contributed by atoms with Crippen LogP contribution in [0.4, 0.5) is 0 Å². The van der Waals surface area contributed by atoms with Gasteiger partial charge in [0.05, 0.1) is 4.83 Å². The highest BCUT2D eigenvalue weighted by molar-refractivity contribution is 9.10. The summed E-state index contributed by atoms with van der Waals surface area (Å²) >= 11 is 3.50. The van der Waals surface area contributed by atoms with E-state index in [0.29, 0.717) is 11.8 Å². The minimum absolute atomic E-state index is 0.0713. The number of hydrogen-bond acceptors (Lipinski definition) is 2. The molecule has 100 valence electrons. The summed E-state index contributed by atoms with van der Waals surface area (Å²) in [4.78, 5) is 14.2. The van der Waals surface area contributed by atoms with Crippen molar-refractivity contribution in [1.82, 2.24) is 15.1 Å². The molecule has 1 aromatic rings. The minimum atomic E-state index is -0.0713. The van der Waals surface area contributed by atoms with E-state index in [2.05, 4.69) is 40.0 Å². The number of aromatic amines is 1. The molecule has 18 heavy (non-hydrogen) atoms. The molecule has 5 heteroatoms. The lowest BCUT2D eigenvalue weighted by atomic mass is 9.94. The van der Waals surface area contributed by atoms with Crippen LogP contribution in [-0.2, 0) is 4.79 Å². The van der Waals surface area contributed by atoms with Crippen LogP contribution < -0.4 is 0 Å². The fourth-order valence-corrected chi connectivity index (χ4v) is 2.67. The van der Waals surface area contributed by atoms with Gasteiger partial charge in [-0.3, -0.25) is 9.89 Å². The zero-order valence-corrected chi connectivity index (χ0v) is 12.5. The molecule has 1 amide bonds. The Balaban J connectivity index is 2.01. The molecule has 1 aliphatic rings. The molecular formula is C13H20BrN3O. The number of rotatable bonds is 3. The Morgan fingerprint density at radius 3 is 3.00 bits per heavy atom. The van der Waals surface area contributed by atoms with E-state index in [1.807, 2.05) is 11.0 Å². The summed E-state index contributed by atoms with van der Waals surface area (Å²) in [6, 6.07) is 2.01. The lowest BCUT2D eigenvalue weighted by molar-refractivity contribution is -0.132. The van der Waals surface area contributed by atoms with Gasteiger partial charge in [-0.15, -0.1) is 0 Å². The van der Waals surface area contributed by atoms with Gasteiger partial charge in [-0.2, -0.15) is 5.10 Å². The van der Waals surface area contributed by atoms with E-state index >= 15 is 0 Å². The molecule has 2 unspecified atom stereocenters. The molecule has 2 rings (SSSR count). The number of halogens is 1. The molecule has 1 aliphatic heterocycles. The molecule has 2 heterocycles. The highest BCUT2D eigenvalue weighted by Crippen LogP contribution is 2.27. The van der Waals surface area contributed by atoms with E-state index in [9.17, 15) is 4.79 Å². The smallest absolute Gasteiger partial charge is 0.236 e. The molecular weight excluding hydrogens is 294 g/mol. The summed E-state index contributed by atoms with van der Waals surface area (Å²) in [7, 11) is 0. The SMILES string of the molecule is CC(C)C(Br)C(=O)N1CCCC(c2ccn[nH]2)C1. The Kier molecular flexibility index (Phi) is 4.43. The maximum absolute atomic E-state index is 12.3. The largest absolute Gasteiger partial charge is 0.341 e. The van der Waals surface area contributed by atoms with Crippen molar-refractivity contribution < 1.29 is 4.79 Å². The van der Waals surface area contributed by atoms with Crippen LogP contribution in [0.15, 0.2) is 12.3 Å². The zero-order chi connectivity index (χ0) is 13.1. The van der Waals surface area contributed by atoms with Crippen LogP contribution in [0.1, 0.15) is 38.3 Å². The van der Waals surface area contributed by atoms with Gasteiger partial charge in [-0.05, 0) is 24.8 Å². The number of carbonyl (C=O) groups excluding carboxylic acids is 1. The first-order chi connectivity index (χ1) is 8.59. The lowest BCUT2D eigenvalue weighted by Gasteiger charge is -2.34. The standard InChI is InChI=1S/C13H20BrN3O/c1-9(2)12(14)13(18)17-7-3-4-10(8-17)11-5-6-15-16-11/h5-6,9-10,12H,3-4,7-8H2,1-2H3,(H,15,16). The van der Waals surface area contributed by atoms with Crippen molar-refractivity contribution in [2.75, 3.05) is 13.1 Å². The first kappa shape index (κ1) is 13.6. The van der Waals surface area contributed by atoms with Crippen LogP contribution in [0.3, 0.4) is 0 Å². The fourth-order valence-electron chi connectivity index (χ4n) is 2.38. The van der Waals surface area contributed by atoms with Gasteiger partial charge in [0.25, 0.3) is 0 Å². The van der Waals surface area contributed by atoms with Crippen LogP contribution in [0, 0.1) is 5.92 Å². The second kappa shape index (κ2) is 5.87. The Hall–Kier alpha value is -0.840. The average Bonchev–Trinajstić information content (AvgIpc) is 2.91. The number of alkyl halides is 1. The van der Waals surface area contributed by atoms with Crippen LogP contribution in [-0.4, -0.2) is 38.9 Å². The summed E-state index contributed by atoms with van der Waals surface area (Å²) < 4.78 is 0. The van der Waals surface area contributed by atoms with Gasteiger partial charge in [0, 0.05) is 30.9 Å². The molecule has 0 aromatic carbocycles. The number of piperidine rings is 1. The highest BCUT2D eigenvalue weighted by atomic mass is 79.9. The number of hydrogen-bond donors (Lipinski definition) is 1. The maximum Gasteiger partial charge on any atom is 0.236 e. The molecule has 0 spiro atoms. The number of nitrogens with zero attached hydrogens (tertiary/aromatic N) is 2. The molecule has 1 N–H and O–H groups in total. The summed E-state index contributed by atoms with van der Waals surface area (Å²) in [5.74, 6) is 0.941. The monoisotopic (exact) mass is 313 g/mol. The lowest BCUT2D eigenvalue weighted by Crippen LogP contribution is -2.44. The predicted octanol–water partition coefficient (Wildman–Crippen LogP) is 2.54. The fraction of sp³-hybridized carbons (Fsp3) is 0.692. The maximum atomic E-state index is 12.3. The van der Waals surface area contributed by atoms with Crippen LogP contribution in [0.25, 0.3) is 0 Å². The second-order valence-electron chi connectivity index (χ2n) is 5.28. The molecule has 4 nitrogen and oxygen atoms in total. The number of nitrogens with one attached hydrogen (secondary N) is 1. The number of aromatic nitrogens is 2. The van der Waals surface area contributed by atoms with E-state index in [-0.39, 0.29) is 10.7 Å². The quantitative estimate of drug-likeness (QED) is 0.872. The van der Waals surface area contributed by atoms with E-state index < -0.39 is 0 Å². The highest BCUT2D eigenvalue weighted by Gasteiger charge is 2.29. The van der Waals surface area contributed by atoms with Crippen LogP contribution >= 0.6 is 15.9 Å². The molecule has 0 bridgehead atoms. The molecule has 0 radical (unpaired) electrons. The second-order valence-corrected chi connectivity index (χ2v) is 6.27. The third kappa shape index (κ3) is 2.94. The summed E-state index contributed by atoms with van der Waals surface area (Å²) in [6.45, 7) is 5.80. The minimum Gasteiger partial charge on any atom is -0.341 e. The number of likely N-dealkylation sites (tertiary alicyclic amines) is 1. The van der Waals surface area contributed by atoms with Gasteiger partial charge in [-0.25, -0.2) is 0 Å². The van der Waals surface area contributed by atoms with Gasteiger partial charge in [0.2, 0.25) is 5.91 Å². The number of carbonyl (C=O) groups is 1. The molecule has 1 fully saturated rings. The summed E-state index contributed by atoms with van der Waals surface area (Å²) in [6.07, 6.45) is 3.96. The molecule has 2 atom stereocenters. The normalized spacial score (nSPS) is 22.2. The third-order valence-corrected chi connectivity index (χ3v) is 4.97. The van der Waals surface area contributed by atoms with E-state index in [0.717, 1.165) is 31.6 Å². The molecule has 0 aliphatic carbocycles. The van der Waals surface area contributed by atoms with Crippen molar-refractivity contribution >= 4 is 21.8 Å². The first-order valence-electron chi connectivity index (χ1n) is 6.51. The van der Waals surface area contributed by atoms with Crippen molar-refractivity contribution in [3.05, 3.63) is 18.0 Å². The van der Waals surface area contributed by atoms with Crippen LogP contribution in [0.2, 0.25) is 0 Å². The van der Waals surface area contributed by atoms with Crippen molar-refractivity contribution in [2.24, 2.45) is 5.92 Å². The molecule has 1 aromatic heterocycles. The van der Waals surface area contributed by atoms with Crippen molar-refractivity contribution in [3.8, 4) is 0 Å². The third-order valence-electron chi connectivity index (χ3n) is 3.52. The van der Waals surface area contributed by atoms with Gasteiger partial charge in [0.1, 0.15) is 0 Å². The Labute approximate surface area is 116 Å². The van der Waals surface area contributed by atoms with Gasteiger partial charge in [-0.1, -0.05) is 29.8 Å². The average molecular weight is 314 g/mol. The van der Waals surface area contributed by atoms with Crippen molar-refractivity contribution in [1.29, 1.82) is 0 Å². The Bertz CT molecular complexity index is 391. The first-order valence-corrected chi connectivity index (χ1v) is 7.43. The Morgan fingerprint density at radius 2 is 2.39 bits per heavy atom. The van der Waals surface area contributed by atoms with Gasteiger partial charge in [0.15, 0.2) is 0 Å². The van der Waals surface area contributed by atoms with E-state index in [1.165, 1.54) is 0 Å². The van der Waals surface area contributed by atoms with Gasteiger partial charge < -0.3 is 4.90 Å². The predicted molar refractivity (Wildman–Crippen MR) is 74.7 cm³/mol. The molecule has 0 saturated carbocycles. The zero-order valence-electron chi connectivity index (χ0n) is 10.9. The van der Waals surface area contributed by atoms with E-state index in [1.54, 1.807) is 6.20 Å². The Morgan fingerprint density at radius 1 is 1.61 bits per heavy atom. The molecule has 1 saturated heterocycles. The van der Waals surface area contributed by atoms with Crippen LogP contribution in [0.5, 0.6) is 0 Å². The van der Waals surface area contributed by atoms with E-state index in [4.69, 9.17) is 0 Å². The van der Waals surface area contributed by atoms with Gasteiger partial charge >= 0.3 is 0 Å². The van der Waals surface area contributed by atoms with Crippen molar-refractivity contribution in [2.45, 2.75) is 37.4 Å². The summed E-state index contributed by atoms with van der Waals surface area (Å²) in [5.41, 5.74) is 1.14. The van der Waals surface area contributed by atoms with Crippen molar-refractivity contribution in [3.63, 3.8) is 0 Å². The topological polar surface area (TPSA) is 49.0 Å². The summed E-state index contributed by atoms with van der Waals surface area (Å²) in [5, 5.41) is 7.01.